The minimum absolute atomic E-state index is 0.127. The average Bonchev–Trinajstić information content (AvgIpc) is 2.25. The molecule has 0 radical (unpaired) electrons. The van der Waals surface area contributed by atoms with Crippen molar-refractivity contribution in [3.05, 3.63) is 0 Å². The van der Waals surface area contributed by atoms with Gasteiger partial charge in [-0.25, -0.2) is 0 Å². The molecule has 88 valence electrons. The molecule has 1 N–H and O–H groups in total. The van der Waals surface area contributed by atoms with Gasteiger partial charge in [0.15, 0.2) is 0 Å². The van der Waals surface area contributed by atoms with Crippen molar-refractivity contribution in [2.45, 2.75) is 52.1 Å². The smallest absolute Gasteiger partial charge is 0.305 e. The molecule has 0 bridgehead atoms. The molecule has 15 heavy (non-hydrogen) atoms. The molecule has 1 unspecified atom stereocenters. The fourth-order valence-corrected chi connectivity index (χ4v) is 2.18. The quantitative estimate of drug-likeness (QED) is 0.729. The molecule has 1 fully saturated rings. The Morgan fingerprint density at radius 3 is 2.87 bits per heavy atom. The maximum Gasteiger partial charge on any atom is 0.305 e. The lowest BCUT2D eigenvalue weighted by Crippen LogP contribution is -2.27. The van der Waals surface area contributed by atoms with Gasteiger partial charge in [-0.05, 0) is 31.1 Å². The van der Waals surface area contributed by atoms with Crippen LogP contribution in [0.1, 0.15) is 46.0 Å². The van der Waals surface area contributed by atoms with Gasteiger partial charge in [0, 0.05) is 6.42 Å². The fraction of sp³-hybridized carbons (Fsp3) is 0.917. The largest absolute Gasteiger partial charge is 0.465 e. The number of hydrogen-bond donors (Lipinski definition) is 1. The molecule has 1 aliphatic carbocycles. The first-order chi connectivity index (χ1) is 7.13. The molecule has 0 saturated heterocycles. The van der Waals surface area contributed by atoms with E-state index in [4.69, 9.17) is 4.74 Å². The van der Waals surface area contributed by atoms with E-state index in [1.165, 1.54) is 0 Å². The molecule has 1 aliphatic rings. The highest BCUT2D eigenvalue weighted by molar-refractivity contribution is 5.68. The van der Waals surface area contributed by atoms with E-state index in [0.717, 1.165) is 25.7 Å². The summed E-state index contributed by atoms with van der Waals surface area (Å²) in [5.74, 6) is 0.757. The first-order valence-corrected chi connectivity index (χ1v) is 5.97. The van der Waals surface area contributed by atoms with E-state index in [0.29, 0.717) is 24.9 Å². The van der Waals surface area contributed by atoms with Gasteiger partial charge in [-0.3, -0.25) is 4.79 Å². The SMILES string of the molecule is CCC(=O)OCC(C)[C@H]1CCC[C@@H](O)C1. The minimum Gasteiger partial charge on any atom is -0.465 e. The lowest BCUT2D eigenvalue weighted by atomic mass is 9.80. The van der Waals surface area contributed by atoms with Crippen LogP contribution in [0.15, 0.2) is 0 Å². The third-order valence-electron chi connectivity index (χ3n) is 3.29. The van der Waals surface area contributed by atoms with Crippen molar-refractivity contribution in [3.8, 4) is 0 Å². The highest BCUT2D eigenvalue weighted by Crippen LogP contribution is 2.30. The van der Waals surface area contributed by atoms with Crippen LogP contribution in [-0.2, 0) is 9.53 Å². The zero-order valence-corrected chi connectivity index (χ0v) is 9.74. The van der Waals surface area contributed by atoms with Crippen LogP contribution in [0.3, 0.4) is 0 Å². The normalized spacial score (nSPS) is 28.5. The molecule has 1 rings (SSSR count). The van der Waals surface area contributed by atoms with Gasteiger partial charge in [0.05, 0.1) is 12.7 Å². The number of esters is 1. The van der Waals surface area contributed by atoms with Crippen LogP contribution in [0.2, 0.25) is 0 Å². The standard InChI is InChI=1S/C12H22O3/c1-3-12(14)15-8-9(2)10-5-4-6-11(13)7-10/h9-11,13H,3-8H2,1-2H3/t9?,10-,11+/m0/s1. The maximum atomic E-state index is 11.0. The Labute approximate surface area is 91.8 Å². The molecular formula is C12H22O3. The van der Waals surface area contributed by atoms with Crippen LogP contribution in [0.25, 0.3) is 0 Å². The summed E-state index contributed by atoms with van der Waals surface area (Å²) < 4.78 is 5.12. The van der Waals surface area contributed by atoms with E-state index in [1.54, 1.807) is 6.92 Å². The van der Waals surface area contributed by atoms with Crippen molar-refractivity contribution in [1.82, 2.24) is 0 Å². The van der Waals surface area contributed by atoms with Crippen molar-refractivity contribution >= 4 is 5.97 Å². The van der Waals surface area contributed by atoms with Crippen molar-refractivity contribution in [1.29, 1.82) is 0 Å². The number of carbonyl (C=O) groups is 1. The third-order valence-corrected chi connectivity index (χ3v) is 3.29. The van der Waals surface area contributed by atoms with E-state index in [1.807, 2.05) is 0 Å². The maximum absolute atomic E-state index is 11.0. The molecule has 3 nitrogen and oxygen atoms in total. The number of hydrogen-bond acceptors (Lipinski definition) is 3. The van der Waals surface area contributed by atoms with Crippen molar-refractivity contribution in [3.63, 3.8) is 0 Å². The van der Waals surface area contributed by atoms with E-state index in [2.05, 4.69) is 6.92 Å². The van der Waals surface area contributed by atoms with Gasteiger partial charge in [-0.1, -0.05) is 20.3 Å². The molecule has 0 spiro atoms. The lowest BCUT2D eigenvalue weighted by Gasteiger charge is -2.30. The van der Waals surface area contributed by atoms with Crippen LogP contribution in [0, 0.1) is 11.8 Å². The molecule has 3 atom stereocenters. The van der Waals surface area contributed by atoms with Crippen LogP contribution in [0.5, 0.6) is 0 Å². The Balaban J connectivity index is 2.26. The zero-order valence-electron chi connectivity index (χ0n) is 9.74. The molecule has 0 aromatic heterocycles. The Morgan fingerprint density at radius 1 is 1.53 bits per heavy atom. The monoisotopic (exact) mass is 214 g/mol. The average molecular weight is 214 g/mol. The van der Waals surface area contributed by atoms with Gasteiger partial charge in [0.1, 0.15) is 0 Å². The van der Waals surface area contributed by atoms with Crippen LogP contribution in [0.4, 0.5) is 0 Å². The summed E-state index contributed by atoms with van der Waals surface area (Å²) in [4.78, 5) is 11.0. The van der Waals surface area contributed by atoms with Gasteiger partial charge in [0.2, 0.25) is 0 Å². The van der Waals surface area contributed by atoms with Crippen LogP contribution >= 0.6 is 0 Å². The van der Waals surface area contributed by atoms with Crippen LogP contribution < -0.4 is 0 Å². The summed E-state index contributed by atoms with van der Waals surface area (Å²) in [7, 11) is 0. The first kappa shape index (κ1) is 12.5. The molecule has 3 heteroatoms. The molecule has 0 aromatic carbocycles. The van der Waals surface area contributed by atoms with E-state index < -0.39 is 0 Å². The number of aliphatic hydroxyl groups is 1. The molecule has 1 saturated carbocycles. The van der Waals surface area contributed by atoms with E-state index in [9.17, 15) is 9.90 Å². The summed E-state index contributed by atoms with van der Waals surface area (Å²) in [6.45, 7) is 4.41. The Hall–Kier alpha value is -0.570. The Morgan fingerprint density at radius 2 is 2.27 bits per heavy atom. The summed E-state index contributed by atoms with van der Waals surface area (Å²) in [6.07, 6.45) is 4.34. The number of carbonyl (C=O) groups excluding carboxylic acids is 1. The highest BCUT2D eigenvalue weighted by atomic mass is 16.5. The van der Waals surface area contributed by atoms with Crippen molar-refractivity contribution < 1.29 is 14.6 Å². The first-order valence-electron chi connectivity index (χ1n) is 5.97. The molecule has 0 aromatic rings. The minimum atomic E-state index is -0.145. The third kappa shape index (κ3) is 4.20. The Kier molecular flexibility index (Phi) is 5.09. The number of rotatable bonds is 4. The predicted molar refractivity (Wildman–Crippen MR) is 58.4 cm³/mol. The van der Waals surface area contributed by atoms with Crippen molar-refractivity contribution in [2.75, 3.05) is 6.61 Å². The zero-order chi connectivity index (χ0) is 11.3. The molecular weight excluding hydrogens is 192 g/mol. The van der Waals surface area contributed by atoms with Gasteiger partial charge >= 0.3 is 5.97 Å². The predicted octanol–water partition coefficient (Wildman–Crippen LogP) is 2.13. The second-order valence-corrected chi connectivity index (χ2v) is 4.59. The summed E-state index contributed by atoms with van der Waals surface area (Å²) in [6, 6.07) is 0. The topological polar surface area (TPSA) is 46.5 Å². The van der Waals surface area contributed by atoms with Gasteiger partial charge in [0.25, 0.3) is 0 Å². The second kappa shape index (κ2) is 6.11. The van der Waals surface area contributed by atoms with Crippen LogP contribution in [-0.4, -0.2) is 23.8 Å². The van der Waals surface area contributed by atoms with Gasteiger partial charge < -0.3 is 9.84 Å². The van der Waals surface area contributed by atoms with Gasteiger partial charge in [-0.15, -0.1) is 0 Å². The highest BCUT2D eigenvalue weighted by Gasteiger charge is 2.25. The number of ether oxygens (including phenoxy) is 1. The molecule has 0 amide bonds. The van der Waals surface area contributed by atoms with Gasteiger partial charge in [-0.2, -0.15) is 0 Å². The fourth-order valence-electron chi connectivity index (χ4n) is 2.18. The Bertz CT molecular complexity index is 203. The summed E-state index contributed by atoms with van der Waals surface area (Å²) in [5, 5.41) is 9.54. The molecule has 0 heterocycles. The lowest BCUT2D eigenvalue weighted by molar-refractivity contribution is -0.145. The molecule has 0 aliphatic heterocycles. The van der Waals surface area contributed by atoms with E-state index >= 15 is 0 Å². The number of aliphatic hydroxyl groups excluding tert-OH is 1. The van der Waals surface area contributed by atoms with E-state index in [-0.39, 0.29) is 12.1 Å². The second-order valence-electron chi connectivity index (χ2n) is 4.59. The van der Waals surface area contributed by atoms with Crippen molar-refractivity contribution in [2.24, 2.45) is 11.8 Å². The summed E-state index contributed by atoms with van der Waals surface area (Å²) in [5.41, 5.74) is 0. The summed E-state index contributed by atoms with van der Waals surface area (Å²) >= 11 is 0.